The molecule has 0 bridgehead atoms. The van der Waals surface area contributed by atoms with Crippen LogP contribution in [0.15, 0.2) is 22.8 Å². The van der Waals surface area contributed by atoms with Crippen molar-refractivity contribution in [3.63, 3.8) is 0 Å². The molecule has 4 aliphatic carbocycles. The number of fused-ring (bicyclic) bond motifs is 4. The third kappa shape index (κ3) is 2.54. The van der Waals surface area contributed by atoms with Gasteiger partial charge in [0.25, 0.3) is 0 Å². The average molecular weight is 315 g/mol. The second kappa shape index (κ2) is 6.06. The molecule has 0 heterocycles. The molecule has 0 aromatic carbocycles. The van der Waals surface area contributed by atoms with E-state index >= 15 is 0 Å². The van der Waals surface area contributed by atoms with Crippen LogP contribution in [0.1, 0.15) is 84.5 Å². The van der Waals surface area contributed by atoms with E-state index in [1.807, 2.05) is 5.57 Å². The van der Waals surface area contributed by atoms with Gasteiger partial charge < -0.3 is 5.11 Å². The molecule has 0 aliphatic heterocycles. The van der Waals surface area contributed by atoms with Crippen LogP contribution in [0.4, 0.5) is 0 Å². The third-order valence-electron chi connectivity index (χ3n) is 7.89. The highest BCUT2D eigenvalue weighted by molar-refractivity contribution is 5.31. The van der Waals surface area contributed by atoms with E-state index in [-0.39, 0.29) is 6.10 Å². The Hall–Kier alpha value is -0.560. The summed E-state index contributed by atoms with van der Waals surface area (Å²) in [6.07, 6.45) is 16.7. The smallest absolute Gasteiger partial charge is 0.0580 e. The molecule has 128 valence electrons. The summed E-state index contributed by atoms with van der Waals surface area (Å²) >= 11 is 0. The van der Waals surface area contributed by atoms with Crippen LogP contribution in [0.25, 0.3) is 0 Å². The fraction of sp³-hybridized carbons (Fsp3) is 0.818. The van der Waals surface area contributed by atoms with Gasteiger partial charge in [-0.2, -0.15) is 0 Å². The van der Waals surface area contributed by atoms with Gasteiger partial charge in [0.2, 0.25) is 0 Å². The van der Waals surface area contributed by atoms with Gasteiger partial charge in [-0.1, -0.05) is 43.1 Å². The maximum atomic E-state index is 10.0. The summed E-state index contributed by atoms with van der Waals surface area (Å²) < 4.78 is 0. The summed E-state index contributed by atoms with van der Waals surface area (Å²) in [7, 11) is 0. The van der Waals surface area contributed by atoms with E-state index in [0.29, 0.717) is 5.41 Å². The Bertz CT molecular complexity index is 528. The summed E-state index contributed by atoms with van der Waals surface area (Å²) in [4.78, 5) is 0. The Morgan fingerprint density at radius 3 is 2.91 bits per heavy atom. The molecule has 4 rings (SSSR count). The highest BCUT2D eigenvalue weighted by Crippen LogP contribution is 2.61. The zero-order valence-corrected chi connectivity index (χ0v) is 15.1. The molecule has 1 heteroatoms. The second-order valence-corrected chi connectivity index (χ2v) is 8.97. The van der Waals surface area contributed by atoms with E-state index in [1.165, 1.54) is 57.8 Å². The van der Waals surface area contributed by atoms with Crippen LogP contribution in [0.2, 0.25) is 0 Å². The Balaban J connectivity index is 1.55. The van der Waals surface area contributed by atoms with Crippen molar-refractivity contribution < 1.29 is 5.11 Å². The van der Waals surface area contributed by atoms with E-state index in [9.17, 15) is 5.11 Å². The number of aliphatic hydroxyl groups is 1. The minimum Gasteiger partial charge on any atom is -0.393 e. The lowest BCUT2D eigenvalue weighted by Gasteiger charge is -2.52. The standard InChI is InChI=1S/C22H34O/c1-3-4-5-16-7-11-21-20-9-6-15-14-17(23)8-10-18(15)19(20)12-13-22(16,21)2/h7,17,19-21,23H,3-6,8-14H2,1-2H3/t17-,19-,20-,21+,22-/m1/s1. The summed E-state index contributed by atoms with van der Waals surface area (Å²) in [5.74, 6) is 2.70. The Labute approximate surface area is 142 Å². The lowest BCUT2D eigenvalue weighted by molar-refractivity contribution is 0.0478. The molecule has 1 N–H and O–H groups in total. The number of hydrogen-bond donors (Lipinski definition) is 1. The van der Waals surface area contributed by atoms with Gasteiger partial charge in [0, 0.05) is 0 Å². The van der Waals surface area contributed by atoms with E-state index in [2.05, 4.69) is 19.9 Å². The predicted molar refractivity (Wildman–Crippen MR) is 96.2 cm³/mol. The van der Waals surface area contributed by atoms with E-state index in [0.717, 1.165) is 30.6 Å². The number of rotatable bonds is 3. The van der Waals surface area contributed by atoms with Gasteiger partial charge >= 0.3 is 0 Å². The van der Waals surface area contributed by atoms with Crippen molar-refractivity contribution >= 4 is 0 Å². The van der Waals surface area contributed by atoms with Gasteiger partial charge in [-0.15, -0.1) is 0 Å². The molecule has 0 aromatic heterocycles. The Kier molecular flexibility index (Phi) is 4.20. The SMILES string of the molecule is CCCCC1=CC[C@H]2[C@@H]3CCC4=C(CC[C@@H](O)C4)[C@H]3CC[C@]12C. The van der Waals surface area contributed by atoms with Crippen LogP contribution in [0.3, 0.4) is 0 Å². The van der Waals surface area contributed by atoms with Crippen LogP contribution in [0, 0.1) is 23.2 Å². The second-order valence-electron chi connectivity index (χ2n) is 8.97. The predicted octanol–water partition coefficient (Wildman–Crippen LogP) is 5.79. The van der Waals surface area contributed by atoms with Crippen molar-refractivity contribution in [1.29, 1.82) is 0 Å². The molecule has 23 heavy (non-hydrogen) atoms. The van der Waals surface area contributed by atoms with Crippen LogP contribution in [-0.4, -0.2) is 11.2 Å². The zero-order chi connectivity index (χ0) is 16.0. The minimum absolute atomic E-state index is 0.0482. The molecule has 1 nitrogen and oxygen atoms in total. The Morgan fingerprint density at radius 1 is 1.22 bits per heavy atom. The minimum atomic E-state index is -0.0482. The van der Waals surface area contributed by atoms with Crippen molar-refractivity contribution in [1.82, 2.24) is 0 Å². The molecule has 1 fully saturated rings. The van der Waals surface area contributed by atoms with Crippen molar-refractivity contribution in [2.75, 3.05) is 0 Å². The van der Waals surface area contributed by atoms with Crippen molar-refractivity contribution in [2.45, 2.75) is 90.6 Å². The van der Waals surface area contributed by atoms with Gasteiger partial charge in [-0.3, -0.25) is 0 Å². The fourth-order valence-corrected chi connectivity index (χ4v) is 6.60. The van der Waals surface area contributed by atoms with Gasteiger partial charge in [0.05, 0.1) is 6.10 Å². The first-order valence-electron chi connectivity index (χ1n) is 10.2. The number of aliphatic hydroxyl groups excluding tert-OH is 1. The van der Waals surface area contributed by atoms with E-state index in [4.69, 9.17) is 0 Å². The fourth-order valence-electron chi connectivity index (χ4n) is 6.60. The normalized spacial score (nSPS) is 42.8. The molecular weight excluding hydrogens is 280 g/mol. The number of hydrogen-bond acceptors (Lipinski definition) is 1. The summed E-state index contributed by atoms with van der Waals surface area (Å²) in [5.41, 5.74) is 5.78. The first-order valence-corrected chi connectivity index (χ1v) is 10.2. The molecule has 0 radical (unpaired) electrons. The number of allylic oxidation sites excluding steroid dienone is 3. The lowest BCUT2D eigenvalue weighted by atomic mass is 9.53. The highest BCUT2D eigenvalue weighted by atomic mass is 16.3. The number of unbranched alkanes of at least 4 members (excludes halogenated alkanes) is 1. The molecule has 5 atom stereocenters. The Morgan fingerprint density at radius 2 is 2.09 bits per heavy atom. The first kappa shape index (κ1) is 15.9. The molecule has 0 amide bonds. The van der Waals surface area contributed by atoms with Gasteiger partial charge in [-0.25, -0.2) is 0 Å². The van der Waals surface area contributed by atoms with Gasteiger partial charge in [0.1, 0.15) is 0 Å². The zero-order valence-electron chi connectivity index (χ0n) is 15.1. The van der Waals surface area contributed by atoms with Gasteiger partial charge in [0.15, 0.2) is 0 Å². The molecule has 1 saturated carbocycles. The molecule has 4 aliphatic rings. The van der Waals surface area contributed by atoms with E-state index in [1.54, 1.807) is 11.1 Å². The van der Waals surface area contributed by atoms with Crippen LogP contribution in [0.5, 0.6) is 0 Å². The van der Waals surface area contributed by atoms with Crippen LogP contribution in [-0.2, 0) is 0 Å². The van der Waals surface area contributed by atoms with Crippen LogP contribution >= 0.6 is 0 Å². The summed E-state index contributed by atoms with van der Waals surface area (Å²) in [6, 6.07) is 0. The topological polar surface area (TPSA) is 20.2 Å². The monoisotopic (exact) mass is 314 g/mol. The molecule has 0 saturated heterocycles. The molecule has 0 aromatic rings. The first-order chi connectivity index (χ1) is 11.1. The summed E-state index contributed by atoms with van der Waals surface area (Å²) in [5, 5.41) is 10.0. The van der Waals surface area contributed by atoms with Crippen molar-refractivity contribution in [2.24, 2.45) is 23.2 Å². The lowest BCUT2D eigenvalue weighted by Crippen LogP contribution is -2.43. The third-order valence-corrected chi connectivity index (χ3v) is 7.89. The largest absolute Gasteiger partial charge is 0.393 e. The molecular formula is C22H34O. The van der Waals surface area contributed by atoms with Gasteiger partial charge in [-0.05, 0) is 87.4 Å². The molecule has 0 unspecified atom stereocenters. The highest BCUT2D eigenvalue weighted by Gasteiger charge is 2.51. The maximum Gasteiger partial charge on any atom is 0.0580 e. The average Bonchev–Trinajstić information content (AvgIpc) is 2.89. The molecule has 0 spiro atoms. The van der Waals surface area contributed by atoms with E-state index < -0.39 is 0 Å². The summed E-state index contributed by atoms with van der Waals surface area (Å²) in [6.45, 7) is 4.91. The van der Waals surface area contributed by atoms with Crippen molar-refractivity contribution in [3.05, 3.63) is 22.8 Å². The maximum absolute atomic E-state index is 10.0. The van der Waals surface area contributed by atoms with Crippen molar-refractivity contribution in [3.8, 4) is 0 Å². The quantitative estimate of drug-likeness (QED) is 0.654. The van der Waals surface area contributed by atoms with Crippen LogP contribution < -0.4 is 0 Å².